The lowest BCUT2D eigenvalue weighted by Gasteiger charge is -2.10. The molecule has 0 spiro atoms. The third kappa shape index (κ3) is 4.83. The average Bonchev–Trinajstić information content (AvgIpc) is 2.70. The molecule has 30 heavy (non-hydrogen) atoms. The number of benzene rings is 2. The van der Waals surface area contributed by atoms with Gasteiger partial charge in [-0.25, -0.2) is 5.43 Å². The highest BCUT2D eigenvalue weighted by atomic mass is 35.5. The van der Waals surface area contributed by atoms with Crippen LogP contribution in [0.3, 0.4) is 0 Å². The van der Waals surface area contributed by atoms with E-state index in [1.54, 1.807) is 38.1 Å². The number of rotatable bonds is 5. The fourth-order valence-electron chi connectivity index (χ4n) is 3.08. The van der Waals surface area contributed by atoms with Gasteiger partial charge in [-0.15, -0.1) is 0 Å². The van der Waals surface area contributed by atoms with Crippen molar-refractivity contribution in [3.05, 3.63) is 69.9 Å². The molecule has 0 aliphatic carbocycles. The van der Waals surface area contributed by atoms with Gasteiger partial charge in [0.2, 0.25) is 5.91 Å². The van der Waals surface area contributed by atoms with Gasteiger partial charge in [0.1, 0.15) is 0 Å². The Labute approximate surface area is 180 Å². The molecule has 0 aliphatic heterocycles. The largest absolute Gasteiger partial charge is 0.325 e. The Morgan fingerprint density at radius 3 is 2.60 bits per heavy atom. The zero-order valence-electron chi connectivity index (χ0n) is 17.3. The van der Waals surface area contributed by atoms with Gasteiger partial charge in [0, 0.05) is 21.8 Å². The molecule has 1 aromatic heterocycles. The van der Waals surface area contributed by atoms with Crippen molar-refractivity contribution in [2.75, 3.05) is 5.32 Å². The highest BCUT2D eigenvalue weighted by Gasteiger charge is 2.13. The van der Waals surface area contributed by atoms with Crippen molar-refractivity contribution in [1.82, 2.24) is 10.4 Å². The molecule has 0 aliphatic rings. The Hall–Kier alpha value is -3.25. The summed E-state index contributed by atoms with van der Waals surface area (Å²) in [4.78, 5) is 29.4. The minimum Gasteiger partial charge on any atom is -0.325 e. The van der Waals surface area contributed by atoms with Crippen LogP contribution >= 0.6 is 11.6 Å². The molecule has 2 amide bonds. The van der Waals surface area contributed by atoms with Gasteiger partial charge in [-0.2, -0.15) is 5.10 Å². The van der Waals surface area contributed by atoms with Crippen LogP contribution < -0.4 is 10.7 Å². The number of pyridine rings is 1. The zero-order valence-corrected chi connectivity index (χ0v) is 18.1. The second-order valence-electron chi connectivity index (χ2n) is 7.19. The summed E-state index contributed by atoms with van der Waals surface area (Å²) in [5.74, 6) is -0.608. The van der Waals surface area contributed by atoms with Gasteiger partial charge in [0.25, 0.3) is 5.91 Å². The van der Waals surface area contributed by atoms with E-state index in [2.05, 4.69) is 20.8 Å². The van der Waals surface area contributed by atoms with Gasteiger partial charge in [-0.3, -0.25) is 14.6 Å². The summed E-state index contributed by atoms with van der Waals surface area (Å²) in [5, 5.41) is 8.35. The number of hydrogen-bond donors (Lipinski definition) is 2. The molecule has 2 N–H and O–H groups in total. The number of amides is 2. The van der Waals surface area contributed by atoms with E-state index in [4.69, 9.17) is 11.6 Å². The summed E-state index contributed by atoms with van der Waals surface area (Å²) in [6.45, 7) is 7.29. The quantitative estimate of drug-likeness (QED) is 0.450. The molecule has 154 valence electrons. The standard InChI is InChI=1S/C23H23ClN4O2/c1-13-7-5-8-17-12-18(16(4)25-22(13)17)23(30)28-27-14(2)11-21(29)26-20-10-6-9-19(24)15(20)3/h5-10,12H,11H2,1-4H3,(H,26,29)(H,28,30)/b27-14+. The molecule has 0 unspecified atom stereocenters. The Morgan fingerprint density at radius 1 is 1.10 bits per heavy atom. The normalized spacial score (nSPS) is 11.4. The minimum absolute atomic E-state index is 0.0420. The van der Waals surface area contributed by atoms with E-state index in [9.17, 15) is 9.59 Å². The SMILES string of the molecule is C/C(CC(=O)Nc1cccc(Cl)c1C)=N\NC(=O)c1cc2cccc(C)c2nc1C. The predicted molar refractivity (Wildman–Crippen MR) is 121 cm³/mol. The monoisotopic (exact) mass is 422 g/mol. The summed E-state index contributed by atoms with van der Waals surface area (Å²) < 4.78 is 0. The van der Waals surface area contributed by atoms with Crippen LogP contribution in [0.5, 0.6) is 0 Å². The summed E-state index contributed by atoms with van der Waals surface area (Å²) in [5.41, 5.74) is 7.43. The van der Waals surface area contributed by atoms with Gasteiger partial charge in [-0.05, 0) is 57.0 Å². The molecule has 3 aromatic rings. The van der Waals surface area contributed by atoms with E-state index in [0.29, 0.717) is 27.7 Å². The van der Waals surface area contributed by atoms with Crippen molar-refractivity contribution in [1.29, 1.82) is 0 Å². The lowest BCUT2D eigenvalue weighted by atomic mass is 10.1. The van der Waals surface area contributed by atoms with Crippen molar-refractivity contribution in [3.63, 3.8) is 0 Å². The number of carbonyl (C=O) groups excluding carboxylic acids is 2. The number of para-hydroxylation sites is 1. The van der Waals surface area contributed by atoms with Crippen LogP contribution in [0, 0.1) is 20.8 Å². The summed E-state index contributed by atoms with van der Waals surface area (Å²) in [6, 6.07) is 13.0. The molecule has 6 nitrogen and oxygen atoms in total. The smallest absolute Gasteiger partial charge is 0.273 e. The number of halogens is 1. The van der Waals surface area contributed by atoms with E-state index in [1.807, 2.05) is 32.0 Å². The third-order valence-corrected chi connectivity index (χ3v) is 5.20. The minimum atomic E-state index is -0.367. The lowest BCUT2D eigenvalue weighted by Crippen LogP contribution is -2.22. The van der Waals surface area contributed by atoms with Crippen molar-refractivity contribution >= 4 is 45.7 Å². The van der Waals surface area contributed by atoms with Crippen molar-refractivity contribution in [3.8, 4) is 0 Å². The molecular weight excluding hydrogens is 400 g/mol. The molecule has 1 heterocycles. The average molecular weight is 423 g/mol. The fourth-order valence-corrected chi connectivity index (χ4v) is 3.26. The molecule has 0 bridgehead atoms. The van der Waals surface area contributed by atoms with Crippen LogP contribution in [0.25, 0.3) is 10.9 Å². The number of carbonyl (C=O) groups is 2. The number of anilines is 1. The van der Waals surface area contributed by atoms with E-state index in [-0.39, 0.29) is 18.2 Å². The van der Waals surface area contributed by atoms with Crippen LogP contribution in [0.4, 0.5) is 5.69 Å². The summed E-state index contributed by atoms with van der Waals surface area (Å²) >= 11 is 6.08. The summed E-state index contributed by atoms with van der Waals surface area (Å²) in [7, 11) is 0. The van der Waals surface area contributed by atoms with E-state index < -0.39 is 0 Å². The molecule has 0 saturated carbocycles. The zero-order chi connectivity index (χ0) is 21.8. The Morgan fingerprint density at radius 2 is 1.83 bits per heavy atom. The molecular formula is C23H23ClN4O2. The van der Waals surface area contributed by atoms with Gasteiger partial charge >= 0.3 is 0 Å². The molecule has 0 saturated heterocycles. The number of hydrazone groups is 1. The second-order valence-corrected chi connectivity index (χ2v) is 7.60. The maximum absolute atomic E-state index is 12.6. The topological polar surface area (TPSA) is 83.5 Å². The molecule has 0 atom stereocenters. The number of aryl methyl sites for hydroxylation is 2. The van der Waals surface area contributed by atoms with Crippen LogP contribution in [0.15, 0.2) is 47.6 Å². The van der Waals surface area contributed by atoms with Crippen molar-refractivity contribution in [2.24, 2.45) is 5.10 Å². The lowest BCUT2D eigenvalue weighted by molar-refractivity contribution is -0.115. The predicted octanol–water partition coefficient (Wildman–Crippen LogP) is 4.95. The van der Waals surface area contributed by atoms with Crippen molar-refractivity contribution in [2.45, 2.75) is 34.1 Å². The van der Waals surface area contributed by atoms with E-state index in [0.717, 1.165) is 22.0 Å². The Bertz CT molecular complexity index is 1170. The highest BCUT2D eigenvalue weighted by molar-refractivity contribution is 6.31. The third-order valence-electron chi connectivity index (χ3n) is 4.79. The number of hydrogen-bond acceptors (Lipinski definition) is 4. The highest BCUT2D eigenvalue weighted by Crippen LogP contribution is 2.23. The number of nitrogens with zero attached hydrogens (tertiary/aromatic N) is 2. The van der Waals surface area contributed by atoms with Gasteiger partial charge < -0.3 is 5.32 Å². The van der Waals surface area contributed by atoms with Gasteiger partial charge in [0.05, 0.1) is 23.2 Å². The van der Waals surface area contributed by atoms with Crippen LogP contribution in [-0.4, -0.2) is 22.5 Å². The molecule has 7 heteroatoms. The molecule has 0 radical (unpaired) electrons. The van der Waals surface area contributed by atoms with Crippen LogP contribution in [-0.2, 0) is 4.79 Å². The first-order valence-corrected chi connectivity index (χ1v) is 9.89. The maximum atomic E-state index is 12.6. The van der Waals surface area contributed by atoms with Crippen LogP contribution in [0.2, 0.25) is 5.02 Å². The van der Waals surface area contributed by atoms with Gasteiger partial charge in [0.15, 0.2) is 0 Å². The number of aromatic nitrogens is 1. The number of nitrogens with one attached hydrogen (secondary N) is 2. The molecule has 3 rings (SSSR count). The fraction of sp³-hybridized carbons (Fsp3) is 0.217. The first-order chi connectivity index (χ1) is 14.3. The number of fused-ring (bicyclic) bond motifs is 1. The molecule has 0 fully saturated rings. The first kappa shape index (κ1) is 21.5. The van der Waals surface area contributed by atoms with E-state index in [1.165, 1.54) is 0 Å². The Kier molecular flexibility index (Phi) is 6.47. The van der Waals surface area contributed by atoms with E-state index >= 15 is 0 Å². The first-order valence-electron chi connectivity index (χ1n) is 9.51. The second kappa shape index (κ2) is 9.05. The van der Waals surface area contributed by atoms with Gasteiger partial charge in [-0.1, -0.05) is 35.9 Å². The maximum Gasteiger partial charge on any atom is 0.273 e. The Balaban J connectivity index is 1.67. The summed E-state index contributed by atoms with van der Waals surface area (Å²) in [6.07, 6.45) is 0.0420. The van der Waals surface area contributed by atoms with Crippen LogP contribution in [0.1, 0.15) is 40.5 Å². The van der Waals surface area contributed by atoms with Crippen molar-refractivity contribution < 1.29 is 9.59 Å². The molecule has 2 aromatic carbocycles.